The van der Waals surface area contributed by atoms with Crippen molar-refractivity contribution in [1.29, 1.82) is 0 Å². The zero-order valence-electron chi connectivity index (χ0n) is 8.44. The van der Waals surface area contributed by atoms with Gasteiger partial charge in [0, 0.05) is 29.7 Å². The second kappa shape index (κ2) is 4.24. The van der Waals surface area contributed by atoms with Crippen LogP contribution in [0.4, 0.5) is 5.69 Å². The number of hydrogen-bond donors (Lipinski definition) is 1. The number of thioether (sulfide) groups is 1. The first-order valence-electron chi connectivity index (χ1n) is 4.94. The van der Waals surface area contributed by atoms with Crippen molar-refractivity contribution < 1.29 is 0 Å². The molecular formula is C11H16N2S. The number of nitrogens with zero attached hydrogens (tertiary/aromatic N) is 1. The lowest BCUT2D eigenvalue weighted by Gasteiger charge is -2.18. The second-order valence-electron chi connectivity index (χ2n) is 3.69. The molecule has 2 nitrogen and oxygen atoms in total. The molecule has 0 radical (unpaired) electrons. The van der Waals surface area contributed by atoms with Crippen molar-refractivity contribution in [2.24, 2.45) is 5.73 Å². The maximum Gasteiger partial charge on any atom is 0.0367 e. The van der Waals surface area contributed by atoms with E-state index in [1.165, 1.54) is 10.6 Å². The first kappa shape index (κ1) is 9.87. The Balaban J connectivity index is 2.09. The normalized spacial score (nSPS) is 21.6. The molecule has 2 N–H and O–H groups in total. The number of benzene rings is 1. The van der Waals surface area contributed by atoms with Crippen LogP contribution in [0.15, 0.2) is 29.2 Å². The third-order valence-electron chi connectivity index (χ3n) is 2.66. The Labute approximate surface area is 89.5 Å². The molecule has 1 saturated heterocycles. The molecule has 1 aromatic carbocycles. The van der Waals surface area contributed by atoms with Crippen molar-refractivity contribution >= 4 is 17.4 Å². The third-order valence-corrected chi connectivity index (χ3v) is 3.41. The van der Waals surface area contributed by atoms with Crippen LogP contribution >= 0.6 is 11.8 Å². The van der Waals surface area contributed by atoms with E-state index in [-0.39, 0.29) is 0 Å². The number of hydrogen-bond acceptors (Lipinski definition) is 3. The predicted molar refractivity (Wildman–Crippen MR) is 63.0 cm³/mol. The van der Waals surface area contributed by atoms with Crippen molar-refractivity contribution in [3.05, 3.63) is 24.3 Å². The predicted octanol–water partition coefficient (Wildman–Crippen LogP) is 1.95. The SMILES string of the molecule is CSc1ccc(N2CC[C@@H](N)C2)cc1. The van der Waals surface area contributed by atoms with E-state index in [0.717, 1.165) is 19.5 Å². The van der Waals surface area contributed by atoms with Crippen LogP contribution in [0.2, 0.25) is 0 Å². The minimum Gasteiger partial charge on any atom is -0.370 e. The topological polar surface area (TPSA) is 29.3 Å². The molecule has 76 valence electrons. The average Bonchev–Trinajstić information content (AvgIpc) is 2.65. The highest BCUT2D eigenvalue weighted by Crippen LogP contribution is 2.23. The second-order valence-corrected chi connectivity index (χ2v) is 4.57. The highest BCUT2D eigenvalue weighted by molar-refractivity contribution is 7.98. The van der Waals surface area contributed by atoms with Crippen LogP contribution in [0, 0.1) is 0 Å². The zero-order chi connectivity index (χ0) is 9.97. The van der Waals surface area contributed by atoms with E-state index in [4.69, 9.17) is 5.73 Å². The van der Waals surface area contributed by atoms with Gasteiger partial charge in [-0.05, 0) is 36.9 Å². The largest absolute Gasteiger partial charge is 0.370 e. The van der Waals surface area contributed by atoms with E-state index in [1.54, 1.807) is 11.8 Å². The minimum atomic E-state index is 0.357. The van der Waals surface area contributed by atoms with Crippen LogP contribution in [0.5, 0.6) is 0 Å². The summed E-state index contributed by atoms with van der Waals surface area (Å²) in [5.74, 6) is 0. The van der Waals surface area contributed by atoms with Gasteiger partial charge in [0.05, 0.1) is 0 Å². The molecule has 0 unspecified atom stereocenters. The lowest BCUT2D eigenvalue weighted by Crippen LogP contribution is -2.26. The molecule has 1 atom stereocenters. The Hall–Kier alpha value is -0.670. The van der Waals surface area contributed by atoms with Crippen molar-refractivity contribution in [3.8, 4) is 0 Å². The summed E-state index contributed by atoms with van der Waals surface area (Å²) in [4.78, 5) is 3.67. The van der Waals surface area contributed by atoms with E-state index in [0.29, 0.717) is 6.04 Å². The molecule has 1 aromatic rings. The van der Waals surface area contributed by atoms with Gasteiger partial charge in [0.2, 0.25) is 0 Å². The molecule has 3 heteroatoms. The first-order chi connectivity index (χ1) is 6.79. The first-order valence-corrected chi connectivity index (χ1v) is 6.16. The van der Waals surface area contributed by atoms with Gasteiger partial charge in [-0.2, -0.15) is 0 Å². The van der Waals surface area contributed by atoms with Gasteiger partial charge >= 0.3 is 0 Å². The molecule has 14 heavy (non-hydrogen) atoms. The quantitative estimate of drug-likeness (QED) is 0.753. The fraction of sp³-hybridized carbons (Fsp3) is 0.455. The Kier molecular flexibility index (Phi) is 2.99. The van der Waals surface area contributed by atoms with E-state index < -0.39 is 0 Å². The van der Waals surface area contributed by atoms with Gasteiger partial charge in [0.1, 0.15) is 0 Å². The summed E-state index contributed by atoms with van der Waals surface area (Å²) in [5.41, 5.74) is 7.17. The van der Waals surface area contributed by atoms with E-state index in [2.05, 4.69) is 35.4 Å². The molecule has 0 aromatic heterocycles. The smallest absolute Gasteiger partial charge is 0.0367 e. The third kappa shape index (κ3) is 2.04. The van der Waals surface area contributed by atoms with Crippen molar-refractivity contribution in [1.82, 2.24) is 0 Å². The fourth-order valence-corrected chi connectivity index (χ4v) is 2.22. The fourth-order valence-electron chi connectivity index (χ4n) is 1.81. The summed E-state index contributed by atoms with van der Waals surface area (Å²) in [6.45, 7) is 2.10. The van der Waals surface area contributed by atoms with Crippen LogP contribution in [-0.4, -0.2) is 25.4 Å². The molecule has 1 fully saturated rings. The molecule has 0 aliphatic carbocycles. The van der Waals surface area contributed by atoms with Gasteiger partial charge in [-0.1, -0.05) is 0 Å². The average molecular weight is 208 g/mol. The lowest BCUT2D eigenvalue weighted by atomic mass is 10.3. The monoisotopic (exact) mass is 208 g/mol. The highest BCUT2D eigenvalue weighted by atomic mass is 32.2. The zero-order valence-corrected chi connectivity index (χ0v) is 9.26. The molecular weight excluding hydrogens is 192 g/mol. The van der Waals surface area contributed by atoms with Crippen molar-refractivity contribution in [2.75, 3.05) is 24.2 Å². The molecule has 0 saturated carbocycles. The van der Waals surface area contributed by atoms with Gasteiger partial charge in [0.15, 0.2) is 0 Å². The molecule has 2 rings (SSSR count). The van der Waals surface area contributed by atoms with Crippen LogP contribution in [0.25, 0.3) is 0 Å². The summed E-state index contributed by atoms with van der Waals surface area (Å²) in [6, 6.07) is 9.07. The Bertz CT molecular complexity index is 297. The minimum absolute atomic E-state index is 0.357. The van der Waals surface area contributed by atoms with Gasteiger partial charge in [-0.15, -0.1) is 11.8 Å². The van der Waals surface area contributed by atoms with Gasteiger partial charge in [-0.25, -0.2) is 0 Å². The highest BCUT2D eigenvalue weighted by Gasteiger charge is 2.18. The van der Waals surface area contributed by atoms with Crippen molar-refractivity contribution in [2.45, 2.75) is 17.4 Å². The van der Waals surface area contributed by atoms with Crippen LogP contribution in [0.1, 0.15) is 6.42 Å². The summed E-state index contributed by atoms with van der Waals surface area (Å²) in [6.07, 6.45) is 3.21. The molecule has 0 bridgehead atoms. The standard InChI is InChI=1S/C11H16N2S/c1-14-11-4-2-10(3-5-11)13-7-6-9(12)8-13/h2-5,9H,6-8,12H2,1H3/t9-/m1/s1. The van der Waals surface area contributed by atoms with E-state index in [1.807, 2.05) is 0 Å². The Morgan fingerprint density at radius 1 is 1.36 bits per heavy atom. The van der Waals surface area contributed by atoms with Gasteiger partial charge < -0.3 is 10.6 Å². The molecule has 1 aliphatic heterocycles. The summed E-state index contributed by atoms with van der Waals surface area (Å²) in [7, 11) is 0. The molecule has 0 spiro atoms. The van der Waals surface area contributed by atoms with E-state index in [9.17, 15) is 0 Å². The molecule has 1 heterocycles. The van der Waals surface area contributed by atoms with E-state index >= 15 is 0 Å². The summed E-state index contributed by atoms with van der Waals surface area (Å²) >= 11 is 1.78. The van der Waals surface area contributed by atoms with Crippen LogP contribution in [0.3, 0.4) is 0 Å². The Morgan fingerprint density at radius 3 is 2.57 bits per heavy atom. The maximum atomic E-state index is 5.87. The number of rotatable bonds is 2. The van der Waals surface area contributed by atoms with Gasteiger partial charge in [-0.3, -0.25) is 0 Å². The number of anilines is 1. The van der Waals surface area contributed by atoms with Crippen LogP contribution in [-0.2, 0) is 0 Å². The molecule has 1 aliphatic rings. The summed E-state index contributed by atoms with van der Waals surface area (Å²) in [5, 5.41) is 0. The molecule has 0 amide bonds. The van der Waals surface area contributed by atoms with Crippen molar-refractivity contribution in [3.63, 3.8) is 0 Å². The Morgan fingerprint density at radius 2 is 2.07 bits per heavy atom. The lowest BCUT2D eigenvalue weighted by molar-refractivity contribution is 0.752. The maximum absolute atomic E-state index is 5.87. The summed E-state index contributed by atoms with van der Waals surface area (Å²) < 4.78 is 0. The van der Waals surface area contributed by atoms with Crippen LogP contribution < -0.4 is 10.6 Å². The number of nitrogens with two attached hydrogens (primary N) is 1. The van der Waals surface area contributed by atoms with Gasteiger partial charge in [0.25, 0.3) is 0 Å².